The molecule has 0 aromatic carbocycles. The van der Waals surface area contributed by atoms with Crippen LogP contribution in [-0.4, -0.2) is 11.1 Å². The summed E-state index contributed by atoms with van der Waals surface area (Å²) in [7, 11) is 0. The van der Waals surface area contributed by atoms with E-state index < -0.39 is 0 Å². The number of aliphatic imine (C=N–C) groups is 1. The molecular formula is C9H12N2. The molecule has 0 unspecified atom stereocenters. The van der Waals surface area contributed by atoms with Crippen molar-refractivity contribution in [3.05, 3.63) is 36.4 Å². The van der Waals surface area contributed by atoms with Gasteiger partial charge in [0.05, 0.1) is 11.9 Å². The van der Waals surface area contributed by atoms with Crippen molar-refractivity contribution in [2.75, 3.05) is 0 Å². The number of hydrogen-bond donors (Lipinski definition) is 0. The normalized spacial score (nSPS) is 20.4. The Morgan fingerprint density at radius 3 is 2.82 bits per heavy atom. The van der Waals surface area contributed by atoms with Crippen molar-refractivity contribution in [2.24, 2.45) is 4.99 Å². The second kappa shape index (κ2) is 3.19. The molecule has 0 aromatic rings. The van der Waals surface area contributed by atoms with E-state index in [1.807, 2.05) is 37.2 Å². The van der Waals surface area contributed by atoms with E-state index in [-0.39, 0.29) is 0 Å². The van der Waals surface area contributed by atoms with Gasteiger partial charge in [0, 0.05) is 18.1 Å². The van der Waals surface area contributed by atoms with Gasteiger partial charge in [0.1, 0.15) is 0 Å². The Morgan fingerprint density at radius 2 is 2.36 bits per heavy atom. The lowest BCUT2D eigenvalue weighted by molar-refractivity contribution is 0.599. The Bertz CT molecular complexity index is 246. The third-order valence-corrected chi connectivity index (χ3v) is 1.60. The lowest BCUT2D eigenvalue weighted by Crippen LogP contribution is -2.17. The first-order chi connectivity index (χ1) is 5.29. The lowest BCUT2D eigenvalue weighted by Gasteiger charge is -2.22. The summed E-state index contributed by atoms with van der Waals surface area (Å²) < 4.78 is 0. The Balaban J connectivity index is 2.97. The number of hydrogen-bond acceptors (Lipinski definition) is 2. The Hall–Kier alpha value is -1.31. The van der Waals surface area contributed by atoms with Gasteiger partial charge in [-0.15, -0.1) is 0 Å². The molecule has 2 nitrogen and oxygen atoms in total. The minimum atomic E-state index is 1.07. The van der Waals surface area contributed by atoms with Gasteiger partial charge >= 0.3 is 0 Å². The highest BCUT2D eigenvalue weighted by Crippen LogP contribution is 2.15. The van der Waals surface area contributed by atoms with Crippen molar-refractivity contribution in [1.29, 1.82) is 0 Å². The quantitative estimate of drug-likeness (QED) is 0.557. The Kier molecular flexibility index (Phi) is 2.26. The highest BCUT2D eigenvalue weighted by atomic mass is 15.1. The fourth-order valence-electron chi connectivity index (χ4n) is 1.01. The summed E-state index contributed by atoms with van der Waals surface area (Å²) in [6.07, 6.45) is 7.41. The second-order valence-corrected chi connectivity index (χ2v) is 2.31. The van der Waals surface area contributed by atoms with Crippen molar-refractivity contribution >= 4 is 6.21 Å². The summed E-state index contributed by atoms with van der Waals surface area (Å²) in [6.45, 7) is 7.70. The van der Waals surface area contributed by atoms with Crippen LogP contribution in [0.2, 0.25) is 0 Å². The molecule has 0 radical (unpaired) electrons. The summed E-state index contributed by atoms with van der Waals surface area (Å²) in [4.78, 5) is 6.06. The van der Waals surface area contributed by atoms with Crippen molar-refractivity contribution < 1.29 is 0 Å². The predicted molar refractivity (Wildman–Crippen MR) is 48.0 cm³/mol. The molecule has 2 heteroatoms. The Morgan fingerprint density at radius 1 is 1.64 bits per heavy atom. The van der Waals surface area contributed by atoms with E-state index in [1.165, 1.54) is 0 Å². The van der Waals surface area contributed by atoms with Crippen LogP contribution in [0.3, 0.4) is 0 Å². The van der Waals surface area contributed by atoms with Crippen LogP contribution >= 0.6 is 0 Å². The molecule has 1 aliphatic rings. The number of allylic oxidation sites excluding steroid dienone is 3. The SMILES string of the molecule is C=CN1C(C)=CN=C/C1=C/C. The lowest BCUT2D eigenvalue weighted by atomic mass is 10.3. The zero-order chi connectivity index (χ0) is 8.27. The third-order valence-electron chi connectivity index (χ3n) is 1.60. The molecule has 0 fully saturated rings. The molecule has 0 spiro atoms. The standard InChI is InChI=1S/C9H12N2/c1-4-9-7-10-6-8(3)11(9)5-2/h4-7H,2H2,1,3H3/b9-4-. The average Bonchev–Trinajstić information content (AvgIpc) is 2.04. The summed E-state index contributed by atoms with van der Waals surface area (Å²) in [5.41, 5.74) is 2.16. The van der Waals surface area contributed by atoms with Crippen LogP contribution in [0.4, 0.5) is 0 Å². The molecule has 11 heavy (non-hydrogen) atoms. The molecule has 0 saturated heterocycles. The van der Waals surface area contributed by atoms with E-state index in [9.17, 15) is 0 Å². The summed E-state index contributed by atoms with van der Waals surface area (Å²) >= 11 is 0. The van der Waals surface area contributed by atoms with E-state index in [0.29, 0.717) is 0 Å². The van der Waals surface area contributed by atoms with E-state index in [1.54, 1.807) is 6.20 Å². The molecule has 1 heterocycles. The largest absolute Gasteiger partial charge is 0.319 e. The monoisotopic (exact) mass is 148 g/mol. The fourth-order valence-corrected chi connectivity index (χ4v) is 1.01. The number of nitrogens with zero attached hydrogens (tertiary/aromatic N) is 2. The third kappa shape index (κ3) is 1.40. The molecule has 0 N–H and O–H groups in total. The van der Waals surface area contributed by atoms with Gasteiger partial charge in [-0.25, -0.2) is 0 Å². The van der Waals surface area contributed by atoms with Crippen molar-refractivity contribution in [1.82, 2.24) is 4.90 Å². The molecular weight excluding hydrogens is 136 g/mol. The first kappa shape index (κ1) is 7.79. The molecule has 58 valence electrons. The molecule has 0 atom stereocenters. The van der Waals surface area contributed by atoms with Gasteiger partial charge in [0.15, 0.2) is 0 Å². The fraction of sp³-hybridized carbons (Fsp3) is 0.222. The first-order valence-electron chi connectivity index (χ1n) is 3.57. The van der Waals surface area contributed by atoms with Crippen LogP contribution < -0.4 is 0 Å². The van der Waals surface area contributed by atoms with Crippen molar-refractivity contribution in [3.8, 4) is 0 Å². The maximum atomic E-state index is 4.06. The summed E-state index contributed by atoms with van der Waals surface area (Å²) in [5, 5.41) is 0. The van der Waals surface area contributed by atoms with Crippen LogP contribution in [0.1, 0.15) is 13.8 Å². The second-order valence-electron chi connectivity index (χ2n) is 2.31. The van der Waals surface area contributed by atoms with Gasteiger partial charge in [-0.05, 0) is 13.8 Å². The van der Waals surface area contributed by atoms with Gasteiger partial charge < -0.3 is 4.90 Å². The van der Waals surface area contributed by atoms with Crippen LogP contribution in [-0.2, 0) is 0 Å². The first-order valence-corrected chi connectivity index (χ1v) is 3.57. The van der Waals surface area contributed by atoms with E-state index in [0.717, 1.165) is 11.4 Å². The smallest absolute Gasteiger partial charge is 0.0592 e. The molecule has 0 aliphatic carbocycles. The maximum absolute atomic E-state index is 4.06. The maximum Gasteiger partial charge on any atom is 0.0592 e. The summed E-state index contributed by atoms with van der Waals surface area (Å²) in [6, 6.07) is 0. The molecule has 1 aliphatic heterocycles. The minimum Gasteiger partial charge on any atom is -0.319 e. The van der Waals surface area contributed by atoms with E-state index in [4.69, 9.17) is 0 Å². The van der Waals surface area contributed by atoms with Gasteiger partial charge in [-0.2, -0.15) is 0 Å². The average molecular weight is 148 g/mol. The highest BCUT2D eigenvalue weighted by Gasteiger charge is 2.07. The predicted octanol–water partition coefficient (Wildman–Crippen LogP) is 2.28. The van der Waals surface area contributed by atoms with Crippen LogP contribution in [0.15, 0.2) is 41.4 Å². The topological polar surface area (TPSA) is 15.6 Å². The zero-order valence-corrected chi connectivity index (χ0v) is 6.91. The van der Waals surface area contributed by atoms with Crippen LogP contribution in [0, 0.1) is 0 Å². The molecule has 0 bridgehead atoms. The van der Waals surface area contributed by atoms with Gasteiger partial charge in [0.25, 0.3) is 0 Å². The van der Waals surface area contributed by atoms with Crippen LogP contribution in [0.5, 0.6) is 0 Å². The zero-order valence-electron chi connectivity index (χ0n) is 6.91. The van der Waals surface area contributed by atoms with Gasteiger partial charge in [-0.3, -0.25) is 4.99 Å². The summed E-state index contributed by atoms with van der Waals surface area (Å²) in [5.74, 6) is 0. The highest BCUT2D eigenvalue weighted by molar-refractivity contribution is 5.80. The van der Waals surface area contributed by atoms with Crippen LogP contribution in [0.25, 0.3) is 0 Å². The van der Waals surface area contributed by atoms with Gasteiger partial charge in [-0.1, -0.05) is 12.7 Å². The molecule has 0 saturated carbocycles. The molecule has 1 rings (SSSR count). The van der Waals surface area contributed by atoms with E-state index >= 15 is 0 Å². The van der Waals surface area contributed by atoms with Crippen molar-refractivity contribution in [3.63, 3.8) is 0 Å². The Labute approximate surface area is 67.2 Å². The van der Waals surface area contributed by atoms with Crippen molar-refractivity contribution in [2.45, 2.75) is 13.8 Å². The van der Waals surface area contributed by atoms with E-state index in [2.05, 4.69) is 11.6 Å². The number of rotatable bonds is 1. The van der Waals surface area contributed by atoms with Gasteiger partial charge in [0.2, 0.25) is 0 Å². The molecule has 0 aromatic heterocycles. The minimum absolute atomic E-state index is 1.07. The molecule has 0 amide bonds.